The Labute approximate surface area is 141 Å². The molecule has 6 heteroatoms. The Bertz CT molecular complexity index is 781. The summed E-state index contributed by atoms with van der Waals surface area (Å²) < 4.78 is 1.35. The SMILES string of the molecule is CC(C)Cn1nc(C(=O)NCC(O)C(C)C)c2ccccc2c1=O. The Morgan fingerprint density at radius 3 is 2.42 bits per heavy atom. The zero-order valence-corrected chi connectivity index (χ0v) is 14.6. The third kappa shape index (κ3) is 4.00. The number of hydrogen-bond acceptors (Lipinski definition) is 4. The molecule has 130 valence electrons. The molecule has 0 aliphatic heterocycles. The maximum Gasteiger partial charge on any atom is 0.274 e. The van der Waals surface area contributed by atoms with E-state index in [1.54, 1.807) is 24.3 Å². The van der Waals surface area contributed by atoms with Crippen molar-refractivity contribution >= 4 is 16.7 Å². The van der Waals surface area contributed by atoms with Crippen molar-refractivity contribution in [3.63, 3.8) is 0 Å². The van der Waals surface area contributed by atoms with Crippen LogP contribution in [0.2, 0.25) is 0 Å². The van der Waals surface area contributed by atoms with E-state index in [0.29, 0.717) is 17.3 Å². The van der Waals surface area contributed by atoms with E-state index in [9.17, 15) is 14.7 Å². The Morgan fingerprint density at radius 2 is 1.83 bits per heavy atom. The first-order valence-corrected chi connectivity index (χ1v) is 8.27. The summed E-state index contributed by atoms with van der Waals surface area (Å²) in [4.78, 5) is 25.1. The average molecular weight is 331 g/mol. The molecule has 1 heterocycles. The highest BCUT2D eigenvalue weighted by Crippen LogP contribution is 2.14. The van der Waals surface area contributed by atoms with E-state index >= 15 is 0 Å². The van der Waals surface area contributed by atoms with Gasteiger partial charge in [-0.05, 0) is 17.9 Å². The Kier molecular flexibility index (Phi) is 5.72. The fourth-order valence-corrected chi connectivity index (χ4v) is 2.39. The van der Waals surface area contributed by atoms with Crippen LogP contribution in [-0.4, -0.2) is 33.4 Å². The van der Waals surface area contributed by atoms with E-state index in [2.05, 4.69) is 10.4 Å². The van der Waals surface area contributed by atoms with Crippen molar-refractivity contribution in [3.8, 4) is 0 Å². The summed E-state index contributed by atoms with van der Waals surface area (Å²) in [6.07, 6.45) is -0.623. The van der Waals surface area contributed by atoms with Crippen molar-refractivity contribution in [2.24, 2.45) is 11.8 Å². The number of nitrogens with one attached hydrogen (secondary N) is 1. The van der Waals surface area contributed by atoms with Gasteiger partial charge in [-0.25, -0.2) is 4.68 Å². The van der Waals surface area contributed by atoms with Gasteiger partial charge in [-0.3, -0.25) is 9.59 Å². The number of rotatable bonds is 6. The van der Waals surface area contributed by atoms with Gasteiger partial charge in [-0.15, -0.1) is 0 Å². The molecule has 2 N–H and O–H groups in total. The van der Waals surface area contributed by atoms with Gasteiger partial charge in [-0.2, -0.15) is 5.10 Å². The molecule has 0 aliphatic carbocycles. The lowest BCUT2D eigenvalue weighted by Crippen LogP contribution is -2.37. The standard InChI is InChI=1S/C18H25N3O3/c1-11(2)10-21-18(24)14-8-6-5-7-13(14)16(20-21)17(23)19-9-15(22)12(3)4/h5-8,11-12,15,22H,9-10H2,1-4H3,(H,19,23). The lowest BCUT2D eigenvalue weighted by Gasteiger charge is -2.16. The van der Waals surface area contributed by atoms with Crippen LogP contribution in [0.1, 0.15) is 38.2 Å². The van der Waals surface area contributed by atoms with Gasteiger partial charge in [0.2, 0.25) is 0 Å². The van der Waals surface area contributed by atoms with Gasteiger partial charge in [0.25, 0.3) is 11.5 Å². The first-order valence-electron chi connectivity index (χ1n) is 8.27. The number of carbonyl (C=O) groups excluding carboxylic acids is 1. The number of nitrogens with zero attached hydrogens (tertiary/aromatic N) is 2. The van der Waals surface area contributed by atoms with E-state index in [4.69, 9.17) is 0 Å². The molecule has 0 radical (unpaired) electrons. The van der Waals surface area contributed by atoms with Gasteiger partial charge >= 0.3 is 0 Å². The molecule has 0 spiro atoms. The number of carbonyl (C=O) groups is 1. The van der Waals surface area contributed by atoms with Crippen molar-refractivity contribution in [2.75, 3.05) is 6.54 Å². The summed E-state index contributed by atoms with van der Waals surface area (Å²) in [7, 11) is 0. The lowest BCUT2D eigenvalue weighted by atomic mass is 10.1. The van der Waals surface area contributed by atoms with Crippen LogP contribution in [0.3, 0.4) is 0 Å². The fraction of sp³-hybridized carbons (Fsp3) is 0.500. The van der Waals surface area contributed by atoms with Crippen LogP contribution in [0.5, 0.6) is 0 Å². The average Bonchev–Trinajstić information content (AvgIpc) is 2.54. The quantitative estimate of drug-likeness (QED) is 0.845. The Morgan fingerprint density at radius 1 is 1.21 bits per heavy atom. The van der Waals surface area contributed by atoms with Gasteiger partial charge in [0.1, 0.15) is 0 Å². The molecule has 0 fully saturated rings. The van der Waals surface area contributed by atoms with Crippen LogP contribution in [0.15, 0.2) is 29.1 Å². The minimum atomic E-state index is -0.623. The highest BCUT2D eigenvalue weighted by Gasteiger charge is 2.18. The molecule has 1 unspecified atom stereocenters. The summed E-state index contributed by atoms with van der Waals surface area (Å²) >= 11 is 0. The van der Waals surface area contributed by atoms with Gasteiger partial charge in [0, 0.05) is 18.5 Å². The molecule has 2 aromatic rings. The minimum absolute atomic E-state index is 0.0462. The van der Waals surface area contributed by atoms with E-state index in [0.717, 1.165) is 0 Å². The molecule has 1 aromatic carbocycles. The lowest BCUT2D eigenvalue weighted by molar-refractivity contribution is 0.0866. The second-order valence-corrected chi connectivity index (χ2v) is 6.80. The minimum Gasteiger partial charge on any atom is -0.391 e. The van der Waals surface area contributed by atoms with Crippen molar-refractivity contribution in [3.05, 3.63) is 40.3 Å². The summed E-state index contributed by atoms with van der Waals surface area (Å²) in [6.45, 7) is 8.33. The topological polar surface area (TPSA) is 84.2 Å². The molecule has 0 saturated heterocycles. The van der Waals surface area contributed by atoms with E-state index in [1.807, 2.05) is 27.7 Å². The van der Waals surface area contributed by atoms with Crippen molar-refractivity contribution in [1.29, 1.82) is 0 Å². The normalized spacial score (nSPS) is 12.8. The fourth-order valence-electron chi connectivity index (χ4n) is 2.39. The molecule has 1 amide bonds. The molecule has 0 aliphatic rings. The third-order valence-corrected chi connectivity index (χ3v) is 3.86. The predicted molar refractivity (Wildman–Crippen MR) is 94.0 cm³/mol. The van der Waals surface area contributed by atoms with Crippen LogP contribution in [0.4, 0.5) is 0 Å². The molecule has 0 bridgehead atoms. The van der Waals surface area contributed by atoms with E-state index in [-0.39, 0.29) is 35.5 Å². The molecular weight excluding hydrogens is 306 g/mol. The number of aliphatic hydroxyl groups excluding tert-OH is 1. The van der Waals surface area contributed by atoms with Gasteiger partial charge < -0.3 is 10.4 Å². The van der Waals surface area contributed by atoms with Crippen LogP contribution < -0.4 is 10.9 Å². The molecule has 6 nitrogen and oxygen atoms in total. The molecular formula is C18H25N3O3. The predicted octanol–water partition coefficient (Wildman–Crippen LogP) is 1.80. The molecule has 24 heavy (non-hydrogen) atoms. The molecule has 1 atom stereocenters. The zero-order valence-electron chi connectivity index (χ0n) is 14.6. The first kappa shape index (κ1) is 18.1. The van der Waals surface area contributed by atoms with Gasteiger partial charge in [-0.1, -0.05) is 45.9 Å². The van der Waals surface area contributed by atoms with Crippen LogP contribution >= 0.6 is 0 Å². The Balaban J connectivity index is 2.43. The number of benzene rings is 1. The maximum atomic E-state index is 12.5. The number of aliphatic hydroxyl groups is 1. The molecule has 2 rings (SSSR count). The first-order chi connectivity index (χ1) is 11.3. The number of aromatic nitrogens is 2. The largest absolute Gasteiger partial charge is 0.391 e. The van der Waals surface area contributed by atoms with Crippen molar-refractivity contribution < 1.29 is 9.90 Å². The van der Waals surface area contributed by atoms with E-state index in [1.165, 1.54) is 4.68 Å². The monoisotopic (exact) mass is 331 g/mol. The third-order valence-electron chi connectivity index (χ3n) is 3.86. The second-order valence-electron chi connectivity index (χ2n) is 6.80. The number of hydrogen-bond donors (Lipinski definition) is 2. The second kappa shape index (κ2) is 7.57. The smallest absolute Gasteiger partial charge is 0.274 e. The summed E-state index contributed by atoms with van der Waals surface area (Å²) in [5.41, 5.74) is 0.0138. The highest BCUT2D eigenvalue weighted by atomic mass is 16.3. The zero-order chi connectivity index (χ0) is 17.9. The number of amides is 1. The van der Waals surface area contributed by atoms with Crippen LogP contribution in [0, 0.1) is 11.8 Å². The van der Waals surface area contributed by atoms with E-state index < -0.39 is 6.10 Å². The Hall–Kier alpha value is -2.21. The summed E-state index contributed by atoms with van der Waals surface area (Å²) in [5, 5.41) is 17.8. The number of fused-ring (bicyclic) bond motifs is 1. The molecule has 1 aromatic heterocycles. The summed E-state index contributed by atoms with van der Waals surface area (Å²) in [6, 6.07) is 6.97. The highest BCUT2D eigenvalue weighted by molar-refractivity contribution is 6.04. The maximum absolute atomic E-state index is 12.5. The van der Waals surface area contributed by atoms with Crippen molar-refractivity contribution in [2.45, 2.75) is 40.3 Å². The van der Waals surface area contributed by atoms with Crippen LogP contribution in [-0.2, 0) is 6.54 Å². The van der Waals surface area contributed by atoms with Gasteiger partial charge in [0.15, 0.2) is 5.69 Å². The van der Waals surface area contributed by atoms with Gasteiger partial charge in [0.05, 0.1) is 11.5 Å². The molecule has 0 saturated carbocycles. The summed E-state index contributed by atoms with van der Waals surface area (Å²) in [5.74, 6) is -0.108. The van der Waals surface area contributed by atoms with Crippen LogP contribution in [0.25, 0.3) is 10.8 Å². The van der Waals surface area contributed by atoms with Crippen molar-refractivity contribution in [1.82, 2.24) is 15.1 Å².